The van der Waals surface area contributed by atoms with Gasteiger partial charge in [0.2, 0.25) is 0 Å². The zero-order valence-electron chi connectivity index (χ0n) is 17.1. The molecule has 0 spiro atoms. The molecule has 0 unspecified atom stereocenters. The van der Waals surface area contributed by atoms with Crippen molar-refractivity contribution in [3.63, 3.8) is 0 Å². The number of carbonyl (C=O) groups is 2. The number of halogens is 1. The van der Waals surface area contributed by atoms with Gasteiger partial charge in [-0.05, 0) is 42.5 Å². The number of para-hydroxylation sites is 2. The molecule has 2 N–H and O–H groups in total. The van der Waals surface area contributed by atoms with Gasteiger partial charge in [0.15, 0.2) is 18.1 Å². The van der Waals surface area contributed by atoms with E-state index in [-0.39, 0.29) is 25.0 Å². The van der Waals surface area contributed by atoms with Gasteiger partial charge in [0.05, 0.1) is 5.56 Å². The third-order valence-corrected chi connectivity index (χ3v) is 5.23. The topological polar surface area (TPSA) is 85.9 Å². The first-order chi connectivity index (χ1) is 15.6. The van der Waals surface area contributed by atoms with Crippen LogP contribution in [0.25, 0.3) is 0 Å². The highest BCUT2D eigenvalue weighted by atomic mass is 79.9. The largest absolute Gasteiger partial charge is 0.486 e. The molecule has 0 aromatic heterocycles. The van der Waals surface area contributed by atoms with Crippen molar-refractivity contribution >= 4 is 33.4 Å². The second-order valence-electron chi connectivity index (χ2n) is 6.96. The third-order valence-electron chi connectivity index (χ3n) is 4.71. The van der Waals surface area contributed by atoms with E-state index in [1.807, 2.05) is 30.3 Å². The molecule has 1 heterocycles. The van der Waals surface area contributed by atoms with E-state index >= 15 is 0 Å². The van der Waals surface area contributed by atoms with Gasteiger partial charge in [-0.25, -0.2) is 0 Å². The van der Waals surface area contributed by atoms with Gasteiger partial charge in [0, 0.05) is 22.3 Å². The lowest BCUT2D eigenvalue weighted by atomic mass is 10.1. The molecule has 7 nitrogen and oxygen atoms in total. The maximum Gasteiger partial charge on any atom is 0.262 e. The van der Waals surface area contributed by atoms with E-state index in [0.717, 1.165) is 10.0 Å². The number of ether oxygens (including phenoxy) is 3. The van der Waals surface area contributed by atoms with Crippen LogP contribution in [0.15, 0.2) is 71.2 Å². The maximum atomic E-state index is 12.8. The van der Waals surface area contributed by atoms with Gasteiger partial charge >= 0.3 is 0 Å². The van der Waals surface area contributed by atoms with Crippen molar-refractivity contribution in [3.8, 4) is 17.2 Å². The maximum absolute atomic E-state index is 12.8. The molecule has 1 aliphatic rings. The van der Waals surface area contributed by atoms with Crippen molar-refractivity contribution in [3.05, 3.63) is 82.3 Å². The summed E-state index contributed by atoms with van der Waals surface area (Å²) in [7, 11) is 0. The average molecular weight is 497 g/mol. The first-order valence-electron chi connectivity index (χ1n) is 10.0. The van der Waals surface area contributed by atoms with E-state index in [9.17, 15) is 9.59 Å². The smallest absolute Gasteiger partial charge is 0.262 e. The van der Waals surface area contributed by atoms with Crippen molar-refractivity contribution in [1.29, 1.82) is 0 Å². The normalized spacial score (nSPS) is 12.0. The predicted molar refractivity (Wildman–Crippen MR) is 123 cm³/mol. The predicted octanol–water partition coefficient (Wildman–Crippen LogP) is 4.17. The third kappa shape index (κ3) is 5.39. The minimum atomic E-state index is -0.324. The summed E-state index contributed by atoms with van der Waals surface area (Å²) >= 11 is 3.35. The number of rotatable bonds is 7. The molecule has 0 saturated carbocycles. The Hall–Kier alpha value is -3.52. The highest BCUT2D eigenvalue weighted by molar-refractivity contribution is 9.10. The van der Waals surface area contributed by atoms with Crippen LogP contribution in [0, 0.1) is 0 Å². The molecule has 0 radical (unpaired) electrons. The van der Waals surface area contributed by atoms with Gasteiger partial charge in [0.1, 0.15) is 19.0 Å². The SMILES string of the molecule is O=C(COc1ccccc1C(=O)NCc1cccc2c1OCCO2)Nc1ccc(Br)cc1. The summed E-state index contributed by atoms with van der Waals surface area (Å²) in [5, 5.41) is 5.63. The second kappa shape index (κ2) is 10.2. The zero-order valence-corrected chi connectivity index (χ0v) is 18.7. The molecule has 0 bridgehead atoms. The van der Waals surface area contributed by atoms with E-state index in [1.165, 1.54) is 0 Å². The molecule has 0 aliphatic carbocycles. The number of hydrogen-bond donors (Lipinski definition) is 2. The van der Waals surface area contributed by atoms with Crippen molar-refractivity contribution in [2.45, 2.75) is 6.54 Å². The van der Waals surface area contributed by atoms with Crippen molar-refractivity contribution in [2.75, 3.05) is 25.1 Å². The Balaban J connectivity index is 1.37. The standard InChI is InChI=1S/C24H21BrN2O5/c25-17-8-10-18(11-9-17)27-22(28)15-32-20-6-2-1-5-19(20)24(29)26-14-16-4-3-7-21-23(16)31-13-12-30-21/h1-11H,12-15H2,(H,26,29)(H,27,28). The average Bonchev–Trinajstić information content (AvgIpc) is 2.83. The Morgan fingerprint density at radius 3 is 2.56 bits per heavy atom. The molecule has 8 heteroatoms. The van der Waals surface area contributed by atoms with E-state index in [0.29, 0.717) is 41.7 Å². The monoisotopic (exact) mass is 496 g/mol. The lowest BCUT2D eigenvalue weighted by Crippen LogP contribution is -2.26. The van der Waals surface area contributed by atoms with Gasteiger partial charge in [-0.3, -0.25) is 9.59 Å². The van der Waals surface area contributed by atoms with Crippen LogP contribution in [-0.2, 0) is 11.3 Å². The minimum Gasteiger partial charge on any atom is -0.486 e. The molecule has 0 fully saturated rings. The fraction of sp³-hybridized carbons (Fsp3) is 0.167. The van der Waals surface area contributed by atoms with Crippen molar-refractivity contribution < 1.29 is 23.8 Å². The first kappa shape index (κ1) is 21.7. The molecule has 0 saturated heterocycles. The van der Waals surface area contributed by atoms with Gasteiger partial charge in [-0.15, -0.1) is 0 Å². The number of carbonyl (C=O) groups excluding carboxylic acids is 2. The fourth-order valence-corrected chi connectivity index (χ4v) is 3.46. The lowest BCUT2D eigenvalue weighted by molar-refractivity contribution is -0.118. The van der Waals surface area contributed by atoms with E-state index in [2.05, 4.69) is 26.6 Å². The summed E-state index contributed by atoms with van der Waals surface area (Å²) in [6.45, 7) is 1.02. The molecule has 3 aromatic rings. The number of fused-ring (bicyclic) bond motifs is 1. The minimum absolute atomic E-state index is 0.224. The molecule has 1 aliphatic heterocycles. The molecule has 164 valence electrons. The Bertz CT molecular complexity index is 1120. The van der Waals surface area contributed by atoms with Crippen LogP contribution >= 0.6 is 15.9 Å². The van der Waals surface area contributed by atoms with Crippen LogP contribution in [0.2, 0.25) is 0 Å². The van der Waals surface area contributed by atoms with Crippen LogP contribution in [0.5, 0.6) is 17.2 Å². The fourth-order valence-electron chi connectivity index (χ4n) is 3.20. The van der Waals surface area contributed by atoms with Crippen LogP contribution in [0.1, 0.15) is 15.9 Å². The number of amides is 2. The Labute approximate surface area is 193 Å². The molecular formula is C24H21BrN2O5. The molecule has 3 aromatic carbocycles. The van der Waals surface area contributed by atoms with Crippen LogP contribution in [0.3, 0.4) is 0 Å². The Morgan fingerprint density at radius 1 is 0.938 bits per heavy atom. The van der Waals surface area contributed by atoms with Gasteiger partial charge in [-0.1, -0.05) is 40.2 Å². The van der Waals surface area contributed by atoms with Gasteiger partial charge in [-0.2, -0.15) is 0 Å². The van der Waals surface area contributed by atoms with Gasteiger partial charge in [0.25, 0.3) is 11.8 Å². The van der Waals surface area contributed by atoms with E-state index < -0.39 is 0 Å². The van der Waals surface area contributed by atoms with Crippen LogP contribution < -0.4 is 24.8 Å². The number of benzene rings is 3. The highest BCUT2D eigenvalue weighted by Gasteiger charge is 2.18. The van der Waals surface area contributed by atoms with Crippen molar-refractivity contribution in [1.82, 2.24) is 5.32 Å². The summed E-state index contributed by atoms with van der Waals surface area (Å²) in [6.07, 6.45) is 0. The van der Waals surface area contributed by atoms with Crippen LogP contribution in [-0.4, -0.2) is 31.6 Å². The number of anilines is 1. The number of nitrogens with one attached hydrogen (secondary N) is 2. The summed E-state index contributed by atoms with van der Waals surface area (Å²) in [6, 6.07) is 19.6. The quantitative estimate of drug-likeness (QED) is 0.512. The van der Waals surface area contributed by atoms with Crippen molar-refractivity contribution in [2.24, 2.45) is 0 Å². The van der Waals surface area contributed by atoms with E-state index in [1.54, 1.807) is 36.4 Å². The summed E-state index contributed by atoms with van der Waals surface area (Å²) < 4.78 is 17.8. The van der Waals surface area contributed by atoms with Gasteiger partial charge < -0.3 is 24.8 Å². The number of hydrogen-bond acceptors (Lipinski definition) is 5. The molecule has 2 amide bonds. The summed E-state index contributed by atoms with van der Waals surface area (Å²) in [5.74, 6) is 1.00. The molecule has 4 rings (SSSR count). The Kier molecular flexibility index (Phi) is 6.91. The zero-order chi connectivity index (χ0) is 22.3. The first-order valence-corrected chi connectivity index (χ1v) is 10.8. The summed E-state index contributed by atoms with van der Waals surface area (Å²) in [4.78, 5) is 25.0. The molecule has 32 heavy (non-hydrogen) atoms. The molecular weight excluding hydrogens is 476 g/mol. The highest BCUT2D eigenvalue weighted by Crippen LogP contribution is 2.33. The van der Waals surface area contributed by atoms with E-state index in [4.69, 9.17) is 14.2 Å². The Morgan fingerprint density at radius 2 is 1.72 bits per heavy atom. The summed E-state index contributed by atoms with van der Waals surface area (Å²) in [5.41, 5.74) is 1.82. The second-order valence-corrected chi connectivity index (χ2v) is 7.88. The lowest BCUT2D eigenvalue weighted by Gasteiger charge is -2.21. The van der Waals surface area contributed by atoms with Crippen LogP contribution in [0.4, 0.5) is 5.69 Å². The molecule has 0 atom stereocenters.